The number of amides is 1. The van der Waals surface area contributed by atoms with E-state index in [0.29, 0.717) is 13.2 Å². The average Bonchev–Trinajstić information content (AvgIpc) is 3.13. The first-order chi connectivity index (χ1) is 9.84. The first kappa shape index (κ1) is 13.1. The molecule has 1 saturated heterocycles. The van der Waals surface area contributed by atoms with E-state index in [9.17, 15) is 4.79 Å². The molecule has 1 fully saturated rings. The van der Waals surface area contributed by atoms with Crippen LogP contribution in [-0.2, 0) is 16.1 Å². The van der Waals surface area contributed by atoms with Gasteiger partial charge in [0.25, 0.3) is 0 Å². The molecule has 1 aromatic heterocycles. The van der Waals surface area contributed by atoms with E-state index in [4.69, 9.17) is 4.74 Å². The Kier molecular flexibility index (Phi) is 3.97. The highest BCUT2D eigenvalue weighted by atomic mass is 16.5. The maximum atomic E-state index is 11.8. The number of benzene rings is 1. The largest absolute Gasteiger partial charge is 0.368 e. The Labute approximate surface area is 117 Å². The van der Waals surface area contributed by atoms with Crippen LogP contribution in [0.2, 0.25) is 0 Å². The normalized spacial score (nSPS) is 18.5. The molecule has 0 bridgehead atoms. The predicted molar refractivity (Wildman–Crippen MR) is 76.3 cm³/mol. The molecule has 0 spiro atoms. The monoisotopic (exact) mass is 273 g/mol. The Bertz CT molecular complexity index is 588. The van der Waals surface area contributed by atoms with Crippen molar-refractivity contribution in [2.24, 2.45) is 0 Å². The van der Waals surface area contributed by atoms with Crippen molar-refractivity contribution in [3.8, 4) is 0 Å². The molecule has 5 heteroatoms. The van der Waals surface area contributed by atoms with Crippen LogP contribution in [0.15, 0.2) is 30.5 Å². The van der Waals surface area contributed by atoms with Gasteiger partial charge in [0.2, 0.25) is 5.91 Å². The number of aromatic nitrogens is 2. The highest BCUT2D eigenvalue weighted by Crippen LogP contribution is 2.13. The van der Waals surface area contributed by atoms with Gasteiger partial charge >= 0.3 is 0 Å². The quantitative estimate of drug-likeness (QED) is 0.844. The standard InChI is InChI=1S/C15H19N3O2/c19-15(14-7-3-10-20-14)16-8-4-9-18-13-6-2-1-5-12(13)11-17-18/h1-2,5-6,11,14H,3-4,7-10H2,(H,16,19)/t14-/m1/s1. The van der Waals surface area contributed by atoms with Crippen molar-refractivity contribution in [1.82, 2.24) is 15.1 Å². The van der Waals surface area contributed by atoms with Gasteiger partial charge in [-0.3, -0.25) is 9.48 Å². The van der Waals surface area contributed by atoms with Gasteiger partial charge < -0.3 is 10.1 Å². The van der Waals surface area contributed by atoms with Crippen LogP contribution in [0.5, 0.6) is 0 Å². The highest BCUT2D eigenvalue weighted by molar-refractivity contribution is 5.81. The smallest absolute Gasteiger partial charge is 0.249 e. The summed E-state index contributed by atoms with van der Waals surface area (Å²) in [6.07, 6.45) is 4.33. The molecular formula is C15H19N3O2. The molecule has 0 aliphatic carbocycles. The number of carbonyl (C=O) groups excluding carboxylic acids is 1. The molecule has 2 heterocycles. The van der Waals surface area contributed by atoms with Crippen LogP contribution in [0.4, 0.5) is 0 Å². The number of hydrogen-bond donors (Lipinski definition) is 1. The molecule has 1 amide bonds. The van der Waals surface area contributed by atoms with Gasteiger partial charge in [0, 0.05) is 25.1 Å². The van der Waals surface area contributed by atoms with Crippen molar-refractivity contribution in [3.63, 3.8) is 0 Å². The van der Waals surface area contributed by atoms with Crippen LogP contribution in [0.25, 0.3) is 10.9 Å². The van der Waals surface area contributed by atoms with Gasteiger partial charge in [0.05, 0.1) is 11.7 Å². The topological polar surface area (TPSA) is 56.2 Å². The molecule has 1 aromatic carbocycles. The van der Waals surface area contributed by atoms with Crippen molar-refractivity contribution in [2.45, 2.75) is 31.9 Å². The fourth-order valence-electron chi connectivity index (χ4n) is 2.54. The molecule has 3 rings (SSSR count). The molecule has 5 nitrogen and oxygen atoms in total. The molecular weight excluding hydrogens is 254 g/mol. The Morgan fingerprint density at radius 3 is 3.20 bits per heavy atom. The van der Waals surface area contributed by atoms with E-state index in [2.05, 4.69) is 22.5 Å². The second-order valence-electron chi connectivity index (χ2n) is 5.07. The predicted octanol–water partition coefficient (Wildman–Crippen LogP) is 1.72. The lowest BCUT2D eigenvalue weighted by Gasteiger charge is -2.10. The van der Waals surface area contributed by atoms with E-state index >= 15 is 0 Å². The number of nitrogens with zero attached hydrogens (tertiary/aromatic N) is 2. The second-order valence-corrected chi connectivity index (χ2v) is 5.07. The van der Waals surface area contributed by atoms with Crippen LogP contribution < -0.4 is 5.32 Å². The fourth-order valence-corrected chi connectivity index (χ4v) is 2.54. The lowest BCUT2D eigenvalue weighted by Crippen LogP contribution is -2.35. The Hall–Kier alpha value is -1.88. The molecule has 2 aromatic rings. The molecule has 1 N–H and O–H groups in total. The zero-order valence-corrected chi connectivity index (χ0v) is 11.4. The van der Waals surface area contributed by atoms with Crippen molar-refractivity contribution < 1.29 is 9.53 Å². The van der Waals surface area contributed by atoms with Crippen molar-refractivity contribution >= 4 is 16.8 Å². The lowest BCUT2D eigenvalue weighted by atomic mass is 10.2. The molecule has 1 aliphatic rings. The number of fused-ring (bicyclic) bond motifs is 1. The van der Waals surface area contributed by atoms with Gasteiger partial charge in [0.1, 0.15) is 6.10 Å². The van der Waals surface area contributed by atoms with Gasteiger partial charge in [-0.2, -0.15) is 5.10 Å². The van der Waals surface area contributed by atoms with E-state index in [1.165, 1.54) is 0 Å². The van der Waals surface area contributed by atoms with Gasteiger partial charge in [-0.15, -0.1) is 0 Å². The number of hydrogen-bond acceptors (Lipinski definition) is 3. The van der Waals surface area contributed by atoms with Gasteiger partial charge in [-0.05, 0) is 25.3 Å². The fraction of sp³-hybridized carbons (Fsp3) is 0.467. The van der Waals surface area contributed by atoms with Crippen LogP contribution in [0.1, 0.15) is 19.3 Å². The van der Waals surface area contributed by atoms with Crippen molar-refractivity contribution in [1.29, 1.82) is 0 Å². The number of ether oxygens (including phenoxy) is 1. The van der Waals surface area contributed by atoms with Crippen molar-refractivity contribution in [2.75, 3.05) is 13.2 Å². The maximum absolute atomic E-state index is 11.8. The maximum Gasteiger partial charge on any atom is 0.249 e. The lowest BCUT2D eigenvalue weighted by molar-refractivity contribution is -0.130. The third kappa shape index (κ3) is 2.82. The summed E-state index contributed by atoms with van der Waals surface area (Å²) in [7, 11) is 0. The van der Waals surface area contributed by atoms with E-state index < -0.39 is 0 Å². The summed E-state index contributed by atoms with van der Waals surface area (Å²) in [4.78, 5) is 11.8. The Morgan fingerprint density at radius 1 is 1.45 bits per heavy atom. The number of rotatable bonds is 5. The Balaban J connectivity index is 1.47. The SMILES string of the molecule is O=C(NCCCn1ncc2ccccc21)[C@H]1CCCO1. The third-order valence-electron chi connectivity index (χ3n) is 3.62. The second kappa shape index (κ2) is 6.05. The van der Waals surface area contributed by atoms with E-state index in [-0.39, 0.29) is 12.0 Å². The number of nitrogens with one attached hydrogen (secondary N) is 1. The molecule has 1 aliphatic heterocycles. The van der Waals surface area contributed by atoms with Crippen LogP contribution in [0.3, 0.4) is 0 Å². The Morgan fingerprint density at radius 2 is 2.35 bits per heavy atom. The highest BCUT2D eigenvalue weighted by Gasteiger charge is 2.22. The summed E-state index contributed by atoms with van der Waals surface area (Å²) >= 11 is 0. The number of carbonyl (C=O) groups is 1. The first-order valence-electron chi connectivity index (χ1n) is 7.14. The molecule has 0 radical (unpaired) electrons. The summed E-state index contributed by atoms with van der Waals surface area (Å²) in [5.74, 6) is 0.0211. The number of para-hydroxylation sites is 1. The van der Waals surface area contributed by atoms with Crippen LogP contribution in [0, 0.1) is 0 Å². The summed E-state index contributed by atoms with van der Waals surface area (Å²) < 4.78 is 7.33. The van der Waals surface area contributed by atoms with Crippen LogP contribution >= 0.6 is 0 Å². The van der Waals surface area contributed by atoms with E-state index in [1.54, 1.807) is 0 Å². The van der Waals surface area contributed by atoms with Crippen LogP contribution in [-0.4, -0.2) is 34.9 Å². The minimum atomic E-state index is -0.236. The average molecular weight is 273 g/mol. The molecule has 0 saturated carbocycles. The summed E-state index contributed by atoms with van der Waals surface area (Å²) in [5, 5.41) is 8.45. The number of aryl methyl sites for hydroxylation is 1. The summed E-state index contributed by atoms with van der Waals surface area (Å²) in [6.45, 7) is 2.17. The molecule has 0 unspecified atom stereocenters. The summed E-state index contributed by atoms with van der Waals surface area (Å²) in [5.41, 5.74) is 1.14. The third-order valence-corrected chi connectivity index (χ3v) is 3.62. The summed E-state index contributed by atoms with van der Waals surface area (Å²) in [6, 6.07) is 8.14. The van der Waals surface area contributed by atoms with Gasteiger partial charge in [-0.1, -0.05) is 18.2 Å². The molecule has 106 valence electrons. The zero-order chi connectivity index (χ0) is 13.8. The molecule has 1 atom stereocenters. The minimum Gasteiger partial charge on any atom is -0.368 e. The van der Waals surface area contributed by atoms with Gasteiger partial charge in [-0.25, -0.2) is 0 Å². The van der Waals surface area contributed by atoms with E-state index in [0.717, 1.165) is 36.7 Å². The van der Waals surface area contributed by atoms with E-state index in [1.807, 2.05) is 23.0 Å². The molecule has 20 heavy (non-hydrogen) atoms. The van der Waals surface area contributed by atoms with Crippen molar-refractivity contribution in [3.05, 3.63) is 30.5 Å². The zero-order valence-electron chi connectivity index (χ0n) is 11.4. The minimum absolute atomic E-state index is 0.0211. The first-order valence-corrected chi connectivity index (χ1v) is 7.14. The van der Waals surface area contributed by atoms with Gasteiger partial charge in [0.15, 0.2) is 0 Å².